The summed E-state index contributed by atoms with van der Waals surface area (Å²) in [6.45, 7) is 3.34. The Hall–Kier alpha value is -2.33. The summed E-state index contributed by atoms with van der Waals surface area (Å²) >= 11 is 5.88. The summed E-state index contributed by atoms with van der Waals surface area (Å²) in [6, 6.07) is 15.4. The van der Waals surface area contributed by atoms with Gasteiger partial charge in [-0.2, -0.15) is 0 Å². The van der Waals surface area contributed by atoms with Gasteiger partial charge in [-0.3, -0.25) is 9.59 Å². The first-order valence-corrected chi connectivity index (χ1v) is 9.79. The third kappa shape index (κ3) is 5.57. The van der Waals surface area contributed by atoms with Gasteiger partial charge in [0.25, 0.3) is 5.91 Å². The van der Waals surface area contributed by atoms with E-state index < -0.39 is 0 Å². The highest BCUT2D eigenvalue weighted by Gasteiger charge is 2.24. The average molecular weight is 385 g/mol. The van der Waals surface area contributed by atoms with Crippen molar-refractivity contribution in [2.75, 3.05) is 13.1 Å². The topological polar surface area (TPSA) is 49.4 Å². The number of hydrogen-bond acceptors (Lipinski definition) is 2. The van der Waals surface area contributed by atoms with E-state index in [0.29, 0.717) is 31.0 Å². The first-order chi connectivity index (χ1) is 13.0. The third-order valence-electron chi connectivity index (χ3n) is 4.97. The van der Waals surface area contributed by atoms with Crippen LogP contribution in [0.15, 0.2) is 48.5 Å². The van der Waals surface area contributed by atoms with E-state index in [1.807, 2.05) is 60.4 Å². The van der Waals surface area contributed by atoms with E-state index in [-0.39, 0.29) is 17.9 Å². The van der Waals surface area contributed by atoms with Gasteiger partial charge in [0.2, 0.25) is 5.91 Å². The number of nitrogens with zero attached hydrogens (tertiary/aromatic N) is 1. The summed E-state index contributed by atoms with van der Waals surface area (Å²) in [6.07, 6.45) is 2.76. The van der Waals surface area contributed by atoms with Crippen LogP contribution in [-0.2, 0) is 11.2 Å². The highest BCUT2D eigenvalue weighted by molar-refractivity contribution is 6.30. The second-order valence-electron chi connectivity index (χ2n) is 7.13. The first-order valence-electron chi connectivity index (χ1n) is 9.41. The fourth-order valence-corrected chi connectivity index (χ4v) is 3.52. The van der Waals surface area contributed by atoms with E-state index in [1.165, 1.54) is 0 Å². The summed E-state index contributed by atoms with van der Waals surface area (Å²) in [7, 11) is 0. The number of piperidine rings is 1. The Bertz CT molecular complexity index is 796. The van der Waals surface area contributed by atoms with Crippen molar-refractivity contribution in [3.05, 3.63) is 70.2 Å². The van der Waals surface area contributed by atoms with Crippen molar-refractivity contribution in [3.8, 4) is 0 Å². The van der Waals surface area contributed by atoms with Crippen molar-refractivity contribution >= 4 is 23.4 Å². The first kappa shape index (κ1) is 19.4. The van der Waals surface area contributed by atoms with Crippen LogP contribution in [0.3, 0.4) is 0 Å². The molecule has 4 nitrogen and oxygen atoms in total. The maximum Gasteiger partial charge on any atom is 0.253 e. The Kier molecular flexibility index (Phi) is 6.51. The lowest BCUT2D eigenvalue weighted by atomic mass is 10.0. The van der Waals surface area contributed by atoms with Crippen LogP contribution in [0, 0.1) is 6.92 Å². The zero-order valence-corrected chi connectivity index (χ0v) is 16.3. The number of aryl methyl sites for hydroxylation is 2. The second kappa shape index (κ2) is 9.05. The summed E-state index contributed by atoms with van der Waals surface area (Å²) in [5.41, 5.74) is 2.93. The smallest absolute Gasteiger partial charge is 0.253 e. The maximum atomic E-state index is 12.6. The molecule has 2 aromatic rings. The van der Waals surface area contributed by atoms with E-state index in [2.05, 4.69) is 5.32 Å². The molecule has 0 aromatic heterocycles. The van der Waals surface area contributed by atoms with Gasteiger partial charge in [0, 0.05) is 36.1 Å². The molecule has 3 rings (SSSR count). The quantitative estimate of drug-likeness (QED) is 0.846. The Balaban J connectivity index is 1.43. The van der Waals surface area contributed by atoms with Gasteiger partial charge in [-0.25, -0.2) is 0 Å². The number of rotatable bonds is 5. The van der Waals surface area contributed by atoms with Crippen LogP contribution in [0.2, 0.25) is 5.02 Å². The van der Waals surface area contributed by atoms with Crippen LogP contribution >= 0.6 is 11.6 Å². The number of halogens is 1. The lowest BCUT2D eigenvalue weighted by molar-refractivity contribution is -0.122. The van der Waals surface area contributed by atoms with Gasteiger partial charge >= 0.3 is 0 Å². The summed E-state index contributed by atoms with van der Waals surface area (Å²) in [5.74, 6) is 0.139. The molecule has 1 heterocycles. The van der Waals surface area contributed by atoms with Gasteiger partial charge in [-0.1, -0.05) is 41.4 Å². The van der Waals surface area contributed by atoms with E-state index in [9.17, 15) is 9.59 Å². The Morgan fingerprint density at radius 1 is 1.11 bits per heavy atom. The number of amides is 2. The number of carbonyl (C=O) groups excluding carboxylic acids is 2. The van der Waals surface area contributed by atoms with E-state index in [1.54, 1.807) is 0 Å². The minimum atomic E-state index is 0.0633. The fourth-order valence-electron chi connectivity index (χ4n) is 3.40. The zero-order chi connectivity index (χ0) is 19.2. The Morgan fingerprint density at radius 2 is 1.81 bits per heavy atom. The number of carbonyl (C=O) groups is 2. The molecule has 2 aromatic carbocycles. The molecule has 5 heteroatoms. The predicted octanol–water partition coefficient (Wildman–Crippen LogP) is 4.00. The number of benzene rings is 2. The van der Waals surface area contributed by atoms with Crippen molar-refractivity contribution in [1.29, 1.82) is 0 Å². The van der Waals surface area contributed by atoms with Gasteiger partial charge in [0.05, 0.1) is 0 Å². The summed E-state index contributed by atoms with van der Waals surface area (Å²) < 4.78 is 0. The molecule has 0 spiro atoms. The molecule has 0 bridgehead atoms. The third-order valence-corrected chi connectivity index (χ3v) is 5.22. The largest absolute Gasteiger partial charge is 0.353 e. The lowest BCUT2D eigenvalue weighted by Crippen LogP contribution is -2.46. The molecule has 1 saturated heterocycles. The normalized spacial score (nSPS) is 14.8. The van der Waals surface area contributed by atoms with Gasteiger partial charge in [0.1, 0.15) is 0 Å². The molecular formula is C22H25ClN2O2. The molecule has 2 amide bonds. The van der Waals surface area contributed by atoms with Crippen LogP contribution in [0.5, 0.6) is 0 Å². The van der Waals surface area contributed by atoms with Gasteiger partial charge in [-0.05, 0) is 56.0 Å². The molecule has 1 fully saturated rings. The van der Waals surface area contributed by atoms with Gasteiger partial charge < -0.3 is 10.2 Å². The van der Waals surface area contributed by atoms with Crippen molar-refractivity contribution in [3.63, 3.8) is 0 Å². The summed E-state index contributed by atoms with van der Waals surface area (Å²) in [4.78, 5) is 26.7. The van der Waals surface area contributed by atoms with Crippen molar-refractivity contribution < 1.29 is 9.59 Å². The monoisotopic (exact) mass is 384 g/mol. The van der Waals surface area contributed by atoms with Crippen molar-refractivity contribution in [2.45, 2.75) is 38.6 Å². The van der Waals surface area contributed by atoms with Crippen molar-refractivity contribution in [2.24, 2.45) is 0 Å². The van der Waals surface area contributed by atoms with E-state index >= 15 is 0 Å². The lowest BCUT2D eigenvalue weighted by Gasteiger charge is -2.32. The van der Waals surface area contributed by atoms with E-state index in [0.717, 1.165) is 29.5 Å². The SMILES string of the molecule is Cc1cccc(C(=O)N2CCC(NC(=O)CCc3ccc(Cl)cc3)CC2)c1. The molecular weight excluding hydrogens is 360 g/mol. The summed E-state index contributed by atoms with van der Waals surface area (Å²) in [5, 5.41) is 3.81. The number of nitrogens with one attached hydrogen (secondary N) is 1. The fraction of sp³-hybridized carbons (Fsp3) is 0.364. The highest BCUT2D eigenvalue weighted by atomic mass is 35.5. The standard InChI is InChI=1S/C22H25ClN2O2/c1-16-3-2-4-18(15-16)22(27)25-13-11-20(12-14-25)24-21(26)10-7-17-5-8-19(23)9-6-17/h2-6,8-9,15,20H,7,10-14H2,1H3,(H,24,26). The number of hydrogen-bond donors (Lipinski definition) is 1. The van der Waals surface area contributed by atoms with Gasteiger partial charge in [0.15, 0.2) is 0 Å². The van der Waals surface area contributed by atoms with Gasteiger partial charge in [-0.15, -0.1) is 0 Å². The van der Waals surface area contributed by atoms with Crippen molar-refractivity contribution in [1.82, 2.24) is 10.2 Å². The van der Waals surface area contributed by atoms with Crippen LogP contribution in [-0.4, -0.2) is 35.8 Å². The predicted molar refractivity (Wildman–Crippen MR) is 108 cm³/mol. The molecule has 142 valence electrons. The van der Waals surface area contributed by atoms with Crippen LogP contribution in [0.4, 0.5) is 0 Å². The van der Waals surface area contributed by atoms with Crippen LogP contribution in [0.25, 0.3) is 0 Å². The van der Waals surface area contributed by atoms with Crippen LogP contribution < -0.4 is 5.32 Å². The molecule has 0 radical (unpaired) electrons. The molecule has 1 aliphatic rings. The highest BCUT2D eigenvalue weighted by Crippen LogP contribution is 2.16. The molecule has 0 aliphatic carbocycles. The zero-order valence-electron chi connectivity index (χ0n) is 15.6. The Morgan fingerprint density at radius 3 is 2.48 bits per heavy atom. The van der Waals surface area contributed by atoms with E-state index in [4.69, 9.17) is 11.6 Å². The minimum Gasteiger partial charge on any atom is -0.353 e. The second-order valence-corrected chi connectivity index (χ2v) is 7.57. The molecule has 0 atom stereocenters. The molecule has 0 unspecified atom stereocenters. The average Bonchev–Trinajstić information content (AvgIpc) is 2.67. The Labute approximate surface area is 165 Å². The number of likely N-dealkylation sites (tertiary alicyclic amines) is 1. The minimum absolute atomic E-state index is 0.0633. The van der Waals surface area contributed by atoms with Crippen LogP contribution in [0.1, 0.15) is 40.7 Å². The molecule has 27 heavy (non-hydrogen) atoms. The maximum absolute atomic E-state index is 12.6. The molecule has 1 N–H and O–H groups in total. The molecule has 1 aliphatic heterocycles. The molecule has 0 saturated carbocycles.